The summed E-state index contributed by atoms with van der Waals surface area (Å²) in [5.74, 6) is -0.313. The summed E-state index contributed by atoms with van der Waals surface area (Å²) in [6.45, 7) is 4.23. The number of carbonyl (C=O) groups is 1. The number of methoxy groups -OCH3 is 1. The minimum atomic E-state index is -0.467. The maximum Gasteiger partial charge on any atom is 0.339 e. The number of carbonyl (C=O) groups excluding carboxylic acids is 1. The van der Waals surface area contributed by atoms with Gasteiger partial charge < -0.3 is 14.6 Å². The van der Waals surface area contributed by atoms with Crippen molar-refractivity contribution in [3.63, 3.8) is 0 Å². The Kier molecular flexibility index (Phi) is 7.67. The van der Waals surface area contributed by atoms with Crippen LogP contribution in [0.3, 0.4) is 0 Å². The van der Waals surface area contributed by atoms with E-state index < -0.39 is 5.97 Å². The van der Waals surface area contributed by atoms with Crippen LogP contribution in [0.15, 0.2) is 11.3 Å². The molecule has 0 spiro atoms. The Morgan fingerprint density at radius 2 is 2.00 bits per heavy atom. The molecular formula is C16H28O4. The summed E-state index contributed by atoms with van der Waals surface area (Å²) in [6, 6.07) is 0. The molecule has 0 unspecified atom stereocenters. The predicted octanol–water partition coefficient (Wildman–Crippen LogP) is 3.90. The van der Waals surface area contributed by atoms with Gasteiger partial charge >= 0.3 is 5.97 Å². The zero-order valence-electron chi connectivity index (χ0n) is 13.0. The fourth-order valence-corrected chi connectivity index (χ4v) is 2.66. The van der Waals surface area contributed by atoms with Crippen LogP contribution in [0.2, 0.25) is 0 Å². The highest BCUT2D eigenvalue weighted by Crippen LogP contribution is 2.30. The van der Waals surface area contributed by atoms with E-state index in [4.69, 9.17) is 9.47 Å². The molecule has 2 atom stereocenters. The smallest absolute Gasteiger partial charge is 0.339 e. The van der Waals surface area contributed by atoms with Gasteiger partial charge in [-0.3, -0.25) is 0 Å². The Morgan fingerprint density at radius 1 is 1.25 bits per heavy atom. The Bertz CT molecular complexity index is 335. The minimum Gasteiger partial charge on any atom is -0.512 e. The van der Waals surface area contributed by atoms with Crippen molar-refractivity contribution in [2.24, 2.45) is 0 Å². The molecule has 1 rings (SSSR count). The van der Waals surface area contributed by atoms with Crippen molar-refractivity contribution in [1.82, 2.24) is 0 Å². The van der Waals surface area contributed by atoms with Gasteiger partial charge in [-0.05, 0) is 12.8 Å². The van der Waals surface area contributed by atoms with Gasteiger partial charge in [-0.1, -0.05) is 46.0 Å². The van der Waals surface area contributed by atoms with Crippen molar-refractivity contribution in [1.29, 1.82) is 0 Å². The zero-order chi connectivity index (χ0) is 15.0. The van der Waals surface area contributed by atoms with Gasteiger partial charge in [0.15, 0.2) is 0 Å². The highest BCUT2D eigenvalue weighted by Gasteiger charge is 2.33. The van der Waals surface area contributed by atoms with Crippen molar-refractivity contribution in [2.75, 3.05) is 7.11 Å². The molecule has 0 aromatic rings. The van der Waals surface area contributed by atoms with Crippen LogP contribution in [0, 0.1) is 0 Å². The molecule has 116 valence electrons. The molecule has 0 bridgehead atoms. The third kappa shape index (κ3) is 4.82. The van der Waals surface area contributed by atoms with Gasteiger partial charge in [0.1, 0.15) is 11.3 Å². The third-order valence-corrected chi connectivity index (χ3v) is 3.75. The summed E-state index contributed by atoms with van der Waals surface area (Å²) >= 11 is 0. The lowest BCUT2D eigenvalue weighted by molar-refractivity contribution is -0.139. The van der Waals surface area contributed by atoms with E-state index in [0.29, 0.717) is 12.0 Å². The van der Waals surface area contributed by atoms with E-state index in [1.807, 2.05) is 6.92 Å². The minimum absolute atomic E-state index is 0.0248. The molecule has 1 aliphatic rings. The topological polar surface area (TPSA) is 55.8 Å². The van der Waals surface area contributed by atoms with E-state index in [1.54, 1.807) is 0 Å². The lowest BCUT2D eigenvalue weighted by atomic mass is 9.95. The molecule has 1 aliphatic heterocycles. The maximum absolute atomic E-state index is 11.7. The lowest BCUT2D eigenvalue weighted by Crippen LogP contribution is -2.34. The molecule has 0 amide bonds. The van der Waals surface area contributed by atoms with Crippen LogP contribution in [0.4, 0.5) is 0 Å². The number of unbranched alkanes of at least 4 members (excludes halogenated alkanes) is 3. The van der Waals surface area contributed by atoms with Gasteiger partial charge in [-0.15, -0.1) is 0 Å². The predicted molar refractivity (Wildman–Crippen MR) is 78.6 cm³/mol. The van der Waals surface area contributed by atoms with Crippen LogP contribution in [0.1, 0.15) is 65.2 Å². The normalized spacial score (nSPS) is 22.9. The Hall–Kier alpha value is -1.03. The van der Waals surface area contributed by atoms with Gasteiger partial charge in [-0.25, -0.2) is 4.79 Å². The molecule has 0 aliphatic carbocycles. The molecule has 1 N–H and O–H groups in total. The van der Waals surface area contributed by atoms with E-state index >= 15 is 0 Å². The molecule has 0 fully saturated rings. The molecule has 1 heterocycles. The van der Waals surface area contributed by atoms with Crippen LogP contribution in [-0.4, -0.2) is 30.4 Å². The van der Waals surface area contributed by atoms with E-state index in [0.717, 1.165) is 25.7 Å². The van der Waals surface area contributed by atoms with E-state index in [2.05, 4.69) is 6.92 Å². The molecule has 0 saturated carbocycles. The van der Waals surface area contributed by atoms with Crippen molar-refractivity contribution in [3.8, 4) is 0 Å². The molecular weight excluding hydrogens is 256 g/mol. The van der Waals surface area contributed by atoms with Gasteiger partial charge in [-0.2, -0.15) is 0 Å². The fraction of sp³-hybridized carbons (Fsp3) is 0.812. The lowest BCUT2D eigenvalue weighted by Gasteiger charge is -2.31. The number of hydrogen-bond donors (Lipinski definition) is 1. The summed E-state index contributed by atoms with van der Waals surface area (Å²) < 4.78 is 10.7. The summed E-state index contributed by atoms with van der Waals surface area (Å²) in [5.41, 5.74) is 0.319. The Morgan fingerprint density at radius 3 is 2.60 bits per heavy atom. The SMILES string of the molecule is CCCCCC[C@@H]1CC(O)=C(C(=O)OC)[C@@H](CCC)O1. The maximum atomic E-state index is 11.7. The second-order valence-electron chi connectivity index (χ2n) is 5.44. The van der Waals surface area contributed by atoms with E-state index in [-0.39, 0.29) is 18.0 Å². The van der Waals surface area contributed by atoms with Gasteiger partial charge in [0, 0.05) is 6.42 Å². The number of ether oxygens (including phenoxy) is 2. The third-order valence-electron chi connectivity index (χ3n) is 3.75. The van der Waals surface area contributed by atoms with Crippen LogP contribution < -0.4 is 0 Å². The second-order valence-corrected chi connectivity index (χ2v) is 5.44. The molecule has 0 aromatic carbocycles. The monoisotopic (exact) mass is 284 g/mol. The average molecular weight is 284 g/mol. The number of esters is 1. The largest absolute Gasteiger partial charge is 0.512 e. The van der Waals surface area contributed by atoms with Crippen LogP contribution in [0.25, 0.3) is 0 Å². The number of rotatable bonds is 8. The summed E-state index contributed by atoms with van der Waals surface area (Å²) in [5, 5.41) is 10.1. The first-order chi connectivity index (χ1) is 9.63. The second kappa shape index (κ2) is 9.01. The zero-order valence-corrected chi connectivity index (χ0v) is 13.0. The Balaban J connectivity index is 2.65. The van der Waals surface area contributed by atoms with Crippen molar-refractivity contribution >= 4 is 5.97 Å². The van der Waals surface area contributed by atoms with Crippen LogP contribution >= 0.6 is 0 Å². The first-order valence-electron chi connectivity index (χ1n) is 7.79. The first-order valence-corrected chi connectivity index (χ1v) is 7.79. The van der Waals surface area contributed by atoms with Crippen LogP contribution in [0.5, 0.6) is 0 Å². The average Bonchev–Trinajstić information content (AvgIpc) is 2.43. The van der Waals surface area contributed by atoms with Crippen LogP contribution in [-0.2, 0) is 14.3 Å². The molecule has 0 saturated heterocycles. The molecule has 4 nitrogen and oxygen atoms in total. The summed E-state index contributed by atoms with van der Waals surface area (Å²) in [6.07, 6.45) is 7.47. The van der Waals surface area contributed by atoms with Crippen molar-refractivity contribution < 1.29 is 19.4 Å². The van der Waals surface area contributed by atoms with Crippen molar-refractivity contribution in [2.45, 2.75) is 77.4 Å². The standard InChI is InChI=1S/C16H28O4/c1-4-6-7-8-10-12-11-13(17)15(16(18)19-3)14(20-12)9-5-2/h12,14,17H,4-11H2,1-3H3/t12-,14-/m1/s1. The summed E-state index contributed by atoms with van der Waals surface area (Å²) in [7, 11) is 1.34. The number of hydrogen-bond acceptors (Lipinski definition) is 4. The van der Waals surface area contributed by atoms with E-state index in [9.17, 15) is 9.90 Å². The molecule has 4 heteroatoms. The molecule has 0 aromatic heterocycles. The Labute approximate surface area is 122 Å². The fourth-order valence-electron chi connectivity index (χ4n) is 2.66. The highest BCUT2D eigenvalue weighted by atomic mass is 16.5. The summed E-state index contributed by atoms with van der Waals surface area (Å²) in [4.78, 5) is 11.7. The molecule has 0 radical (unpaired) electrons. The van der Waals surface area contributed by atoms with E-state index in [1.165, 1.54) is 26.4 Å². The van der Waals surface area contributed by atoms with Gasteiger partial charge in [0.05, 0.1) is 19.3 Å². The number of aliphatic hydroxyl groups is 1. The number of aliphatic hydroxyl groups excluding tert-OH is 1. The van der Waals surface area contributed by atoms with Gasteiger partial charge in [0.25, 0.3) is 0 Å². The van der Waals surface area contributed by atoms with Crippen molar-refractivity contribution in [3.05, 3.63) is 11.3 Å². The van der Waals surface area contributed by atoms with Gasteiger partial charge in [0.2, 0.25) is 0 Å². The highest BCUT2D eigenvalue weighted by molar-refractivity contribution is 5.90. The first kappa shape index (κ1) is 17.0. The quantitative estimate of drug-likeness (QED) is 0.542. The molecule has 20 heavy (non-hydrogen) atoms.